The highest BCUT2D eigenvalue weighted by Crippen LogP contribution is 2.39. The summed E-state index contributed by atoms with van der Waals surface area (Å²) < 4.78 is 0. The SMILES string of the molecule is [CH2][C@]1(C(=O)C2CC2)CCNC1. The van der Waals surface area contributed by atoms with Gasteiger partial charge in [0.1, 0.15) is 5.78 Å². The highest BCUT2D eigenvalue weighted by Gasteiger charge is 2.43. The molecule has 1 aliphatic heterocycles. The summed E-state index contributed by atoms with van der Waals surface area (Å²) in [5.74, 6) is 0.773. The van der Waals surface area contributed by atoms with E-state index in [2.05, 4.69) is 12.2 Å². The molecule has 61 valence electrons. The molecule has 0 amide bonds. The van der Waals surface area contributed by atoms with Gasteiger partial charge in [0, 0.05) is 17.9 Å². The molecule has 1 atom stereocenters. The minimum atomic E-state index is -0.263. The van der Waals surface area contributed by atoms with E-state index in [1.54, 1.807) is 0 Å². The second kappa shape index (κ2) is 2.31. The fraction of sp³-hybridized carbons (Fsp3) is 0.778. The number of hydrogen-bond acceptors (Lipinski definition) is 2. The number of hydrogen-bond donors (Lipinski definition) is 1. The zero-order chi connectivity index (χ0) is 7.90. The molecule has 0 bridgehead atoms. The van der Waals surface area contributed by atoms with Crippen LogP contribution in [0.25, 0.3) is 0 Å². The maximum absolute atomic E-state index is 11.6. The van der Waals surface area contributed by atoms with Gasteiger partial charge in [0.15, 0.2) is 0 Å². The van der Waals surface area contributed by atoms with E-state index in [9.17, 15) is 4.79 Å². The van der Waals surface area contributed by atoms with Gasteiger partial charge in [0.25, 0.3) is 0 Å². The summed E-state index contributed by atoms with van der Waals surface area (Å²) in [5.41, 5.74) is -0.263. The van der Waals surface area contributed by atoms with Gasteiger partial charge in [0.05, 0.1) is 0 Å². The van der Waals surface area contributed by atoms with Crippen molar-refractivity contribution in [3.05, 3.63) is 6.92 Å². The van der Waals surface area contributed by atoms with Crippen LogP contribution in [0.2, 0.25) is 0 Å². The van der Waals surface area contributed by atoms with Crippen molar-refractivity contribution in [2.75, 3.05) is 13.1 Å². The number of carbonyl (C=O) groups excluding carboxylic acids is 1. The Kier molecular flexibility index (Phi) is 1.53. The predicted molar refractivity (Wildman–Crippen MR) is 43.0 cm³/mol. The van der Waals surface area contributed by atoms with E-state index in [1.807, 2.05) is 0 Å². The molecule has 2 nitrogen and oxygen atoms in total. The third-order valence-electron chi connectivity index (χ3n) is 2.71. The first-order valence-electron chi connectivity index (χ1n) is 4.33. The molecule has 0 spiro atoms. The van der Waals surface area contributed by atoms with Crippen molar-refractivity contribution in [1.29, 1.82) is 0 Å². The Balaban J connectivity index is 2.05. The molecular formula is C9H14NO. The first kappa shape index (κ1) is 7.29. The van der Waals surface area contributed by atoms with Crippen molar-refractivity contribution in [3.8, 4) is 0 Å². The first-order valence-corrected chi connectivity index (χ1v) is 4.33. The Morgan fingerprint density at radius 2 is 2.27 bits per heavy atom. The van der Waals surface area contributed by atoms with E-state index >= 15 is 0 Å². The number of Topliss-reactive ketones (excluding diaryl/α,β-unsaturated/α-hetero) is 1. The van der Waals surface area contributed by atoms with Crippen molar-refractivity contribution in [2.24, 2.45) is 11.3 Å². The lowest BCUT2D eigenvalue weighted by molar-refractivity contribution is -0.126. The fourth-order valence-electron chi connectivity index (χ4n) is 1.73. The van der Waals surface area contributed by atoms with Crippen molar-refractivity contribution < 1.29 is 4.79 Å². The van der Waals surface area contributed by atoms with E-state index in [4.69, 9.17) is 0 Å². The average molecular weight is 152 g/mol. The lowest BCUT2D eigenvalue weighted by atomic mass is 9.83. The van der Waals surface area contributed by atoms with Crippen LogP contribution in [0.15, 0.2) is 0 Å². The quantitative estimate of drug-likeness (QED) is 0.633. The van der Waals surface area contributed by atoms with Crippen molar-refractivity contribution in [2.45, 2.75) is 19.3 Å². The Labute approximate surface area is 67.4 Å². The fourth-order valence-corrected chi connectivity index (χ4v) is 1.73. The smallest absolute Gasteiger partial charge is 0.143 e. The second-order valence-corrected chi connectivity index (χ2v) is 3.85. The molecule has 11 heavy (non-hydrogen) atoms. The standard InChI is InChI=1S/C9H14NO/c1-9(4-5-10-6-9)8(11)7-2-3-7/h7,10H,1-6H2/t9-/m0/s1. The molecule has 0 aromatic rings. The Morgan fingerprint density at radius 1 is 1.55 bits per heavy atom. The van der Waals surface area contributed by atoms with Gasteiger partial charge in [-0.05, 0) is 32.7 Å². The monoisotopic (exact) mass is 152 g/mol. The molecule has 1 saturated carbocycles. The van der Waals surface area contributed by atoms with E-state index in [0.717, 1.165) is 32.4 Å². The third kappa shape index (κ3) is 1.20. The number of carbonyl (C=O) groups is 1. The largest absolute Gasteiger partial charge is 0.316 e. The van der Waals surface area contributed by atoms with E-state index in [1.165, 1.54) is 0 Å². The summed E-state index contributed by atoms with van der Waals surface area (Å²) in [6, 6.07) is 0. The van der Waals surface area contributed by atoms with Gasteiger partial charge in [-0.2, -0.15) is 0 Å². The summed E-state index contributed by atoms with van der Waals surface area (Å²) in [7, 11) is 0. The van der Waals surface area contributed by atoms with Crippen LogP contribution >= 0.6 is 0 Å². The van der Waals surface area contributed by atoms with Crippen LogP contribution in [0.3, 0.4) is 0 Å². The summed E-state index contributed by atoms with van der Waals surface area (Å²) >= 11 is 0. The molecule has 0 aromatic heterocycles. The summed E-state index contributed by atoms with van der Waals surface area (Å²) in [6.07, 6.45) is 3.15. The first-order chi connectivity index (χ1) is 5.22. The van der Waals surface area contributed by atoms with Crippen LogP contribution in [0.1, 0.15) is 19.3 Å². The van der Waals surface area contributed by atoms with Crippen LogP contribution in [-0.4, -0.2) is 18.9 Å². The topological polar surface area (TPSA) is 29.1 Å². The van der Waals surface area contributed by atoms with Crippen molar-refractivity contribution >= 4 is 5.78 Å². The average Bonchev–Trinajstić information content (AvgIpc) is 2.74. The predicted octanol–water partition coefficient (Wildman–Crippen LogP) is 0.779. The summed E-state index contributed by atoms with van der Waals surface area (Å²) in [4.78, 5) is 11.6. The van der Waals surface area contributed by atoms with Crippen molar-refractivity contribution in [3.63, 3.8) is 0 Å². The van der Waals surface area contributed by atoms with Gasteiger partial charge >= 0.3 is 0 Å². The molecule has 1 aliphatic carbocycles. The van der Waals surface area contributed by atoms with Crippen LogP contribution in [0.4, 0.5) is 0 Å². The molecule has 1 saturated heterocycles. The number of rotatable bonds is 2. The van der Waals surface area contributed by atoms with Gasteiger partial charge in [-0.3, -0.25) is 4.79 Å². The number of nitrogens with one attached hydrogen (secondary N) is 1. The van der Waals surface area contributed by atoms with Crippen LogP contribution in [-0.2, 0) is 4.79 Å². The zero-order valence-corrected chi connectivity index (χ0v) is 6.73. The van der Waals surface area contributed by atoms with Crippen LogP contribution in [0, 0.1) is 18.3 Å². The zero-order valence-electron chi connectivity index (χ0n) is 6.73. The van der Waals surface area contributed by atoms with E-state index in [0.29, 0.717) is 11.7 Å². The molecular weight excluding hydrogens is 138 g/mol. The molecule has 2 aliphatic rings. The lowest BCUT2D eigenvalue weighted by Gasteiger charge is -2.19. The minimum Gasteiger partial charge on any atom is -0.316 e. The summed E-state index contributed by atoms with van der Waals surface area (Å²) in [6.45, 7) is 5.77. The highest BCUT2D eigenvalue weighted by atomic mass is 16.1. The highest BCUT2D eigenvalue weighted by molar-refractivity contribution is 5.90. The lowest BCUT2D eigenvalue weighted by Crippen LogP contribution is -2.31. The second-order valence-electron chi connectivity index (χ2n) is 3.85. The Bertz CT molecular complexity index is 178. The van der Waals surface area contributed by atoms with Crippen LogP contribution < -0.4 is 5.32 Å². The molecule has 1 N–H and O–H groups in total. The Morgan fingerprint density at radius 3 is 2.73 bits per heavy atom. The third-order valence-corrected chi connectivity index (χ3v) is 2.71. The van der Waals surface area contributed by atoms with Gasteiger partial charge < -0.3 is 5.32 Å². The molecule has 1 radical (unpaired) electrons. The molecule has 0 aromatic carbocycles. The maximum Gasteiger partial charge on any atom is 0.143 e. The molecule has 0 unspecified atom stereocenters. The number of ketones is 1. The van der Waals surface area contributed by atoms with Crippen molar-refractivity contribution in [1.82, 2.24) is 5.32 Å². The normalized spacial score (nSPS) is 37.5. The van der Waals surface area contributed by atoms with E-state index < -0.39 is 0 Å². The molecule has 1 heterocycles. The minimum absolute atomic E-state index is 0.263. The van der Waals surface area contributed by atoms with Gasteiger partial charge in [0.2, 0.25) is 0 Å². The van der Waals surface area contributed by atoms with Crippen LogP contribution in [0.5, 0.6) is 0 Å². The van der Waals surface area contributed by atoms with Gasteiger partial charge in [-0.25, -0.2) is 0 Å². The van der Waals surface area contributed by atoms with E-state index in [-0.39, 0.29) is 5.41 Å². The van der Waals surface area contributed by atoms with Gasteiger partial charge in [-0.1, -0.05) is 0 Å². The van der Waals surface area contributed by atoms with Gasteiger partial charge in [-0.15, -0.1) is 0 Å². The maximum atomic E-state index is 11.6. The summed E-state index contributed by atoms with van der Waals surface area (Å²) in [5, 5.41) is 3.19. The Hall–Kier alpha value is -0.370. The molecule has 2 heteroatoms. The molecule has 2 rings (SSSR count). The molecule has 2 fully saturated rings.